The van der Waals surface area contributed by atoms with Gasteiger partial charge in [-0.1, -0.05) is 27.7 Å². The van der Waals surface area contributed by atoms with E-state index in [4.69, 9.17) is 0 Å². The molecule has 1 aliphatic heterocycles. The Morgan fingerprint density at radius 1 is 0.882 bits per heavy atom. The van der Waals surface area contributed by atoms with Crippen LogP contribution in [0.4, 0.5) is 0 Å². The molecular formula is C16H34N+. The molecule has 0 aliphatic carbocycles. The fourth-order valence-corrected chi connectivity index (χ4v) is 3.53. The Morgan fingerprint density at radius 3 is 1.94 bits per heavy atom. The van der Waals surface area contributed by atoms with Crippen molar-refractivity contribution in [1.29, 1.82) is 0 Å². The van der Waals surface area contributed by atoms with E-state index < -0.39 is 0 Å². The van der Waals surface area contributed by atoms with E-state index >= 15 is 0 Å². The van der Waals surface area contributed by atoms with Gasteiger partial charge in [0.25, 0.3) is 0 Å². The van der Waals surface area contributed by atoms with E-state index in [1.165, 1.54) is 56.2 Å². The lowest BCUT2D eigenvalue weighted by Crippen LogP contribution is -2.60. The maximum absolute atomic E-state index is 2.52. The van der Waals surface area contributed by atoms with Crippen LogP contribution in [0.1, 0.15) is 66.7 Å². The Morgan fingerprint density at radius 2 is 1.47 bits per heavy atom. The average Bonchev–Trinajstić information content (AvgIpc) is 2.37. The van der Waals surface area contributed by atoms with Gasteiger partial charge in [-0.15, -0.1) is 0 Å². The lowest BCUT2D eigenvalue weighted by atomic mass is 9.91. The van der Waals surface area contributed by atoms with Crippen LogP contribution < -0.4 is 0 Å². The molecule has 0 N–H and O–H groups in total. The van der Waals surface area contributed by atoms with Crippen molar-refractivity contribution in [2.45, 2.75) is 72.8 Å². The van der Waals surface area contributed by atoms with Crippen LogP contribution in [0.5, 0.6) is 0 Å². The minimum Gasteiger partial charge on any atom is -0.321 e. The molecule has 0 aromatic heterocycles. The minimum atomic E-state index is 0.856. The van der Waals surface area contributed by atoms with Crippen molar-refractivity contribution in [3.8, 4) is 0 Å². The lowest BCUT2D eigenvalue weighted by Gasteiger charge is -2.49. The van der Waals surface area contributed by atoms with Crippen LogP contribution in [0, 0.1) is 11.8 Å². The molecule has 1 heteroatoms. The summed E-state index contributed by atoms with van der Waals surface area (Å²) in [5.74, 6) is 1.76. The fourth-order valence-electron chi connectivity index (χ4n) is 3.53. The van der Waals surface area contributed by atoms with Crippen LogP contribution in [-0.2, 0) is 0 Å². The molecule has 0 spiro atoms. The van der Waals surface area contributed by atoms with Gasteiger partial charge in [0, 0.05) is 11.8 Å². The standard InChI is InChI=1S/C16H34N/c1-6-14(3)13-17(11-9-8-10-12-17)16(5)15(4)7-2/h14-16H,6-13H2,1-5H3/q+1. The number of rotatable bonds is 6. The third kappa shape index (κ3) is 3.71. The Hall–Kier alpha value is -0.0400. The fraction of sp³-hybridized carbons (Fsp3) is 1.00. The van der Waals surface area contributed by atoms with Gasteiger partial charge in [0.2, 0.25) is 0 Å². The van der Waals surface area contributed by atoms with Gasteiger partial charge < -0.3 is 4.48 Å². The summed E-state index contributed by atoms with van der Waals surface area (Å²) in [6.07, 6.45) is 7.05. The summed E-state index contributed by atoms with van der Waals surface area (Å²) in [5.41, 5.74) is 0. The van der Waals surface area contributed by atoms with Crippen molar-refractivity contribution in [1.82, 2.24) is 0 Å². The Bertz CT molecular complexity index is 206. The van der Waals surface area contributed by atoms with Gasteiger partial charge in [-0.3, -0.25) is 0 Å². The zero-order valence-corrected chi connectivity index (χ0v) is 12.8. The van der Waals surface area contributed by atoms with Gasteiger partial charge in [-0.25, -0.2) is 0 Å². The summed E-state index contributed by atoms with van der Waals surface area (Å²) in [7, 11) is 0. The maximum Gasteiger partial charge on any atom is 0.0887 e. The highest BCUT2D eigenvalue weighted by Gasteiger charge is 2.38. The van der Waals surface area contributed by atoms with Gasteiger partial charge in [0.1, 0.15) is 0 Å². The van der Waals surface area contributed by atoms with Gasteiger partial charge in [-0.2, -0.15) is 0 Å². The summed E-state index contributed by atoms with van der Waals surface area (Å²) in [5, 5.41) is 0. The molecule has 3 unspecified atom stereocenters. The predicted octanol–water partition coefficient (Wildman–Crippen LogP) is 4.47. The molecule has 0 aromatic carbocycles. The van der Waals surface area contributed by atoms with Gasteiger partial charge >= 0.3 is 0 Å². The molecule has 1 aliphatic rings. The van der Waals surface area contributed by atoms with Crippen molar-refractivity contribution in [2.75, 3.05) is 19.6 Å². The molecule has 0 saturated carbocycles. The first-order valence-corrected chi connectivity index (χ1v) is 7.91. The SMILES string of the molecule is CCC(C)C[N+]1(C(C)C(C)CC)CCCCC1. The van der Waals surface area contributed by atoms with E-state index in [1.54, 1.807) is 0 Å². The highest BCUT2D eigenvalue weighted by atomic mass is 15.4. The smallest absolute Gasteiger partial charge is 0.0887 e. The first-order chi connectivity index (χ1) is 8.05. The highest BCUT2D eigenvalue weighted by molar-refractivity contribution is 4.67. The molecule has 17 heavy (non-hydrogen) atoms. The number of hydrogen-bond donors (Lipinski definition) is 0. The zero-order chi connectivity index (χ0) is 12.9. The van der Waals surface area contributed by atoms with E-state index in [-0.39, 0.29) is 0 Å². The summed E-state index contributed by atoms with van der Waals surface area (Å²) in [6.45, 7) is 16.4. The van der Waals surface area contributed by atoms with Crippen LogP contribution in [0.2, 0.25) is 0 Å². The molecule has 0 bridgehead atoms. The van der Waals surface area contributed by atoms with Crippen molar-refractivity contribution < 1.29 is 4.48 Å². The van der Waals surface area contributed by atoms with Gasteiger partial charge in [0.15, 0.2) is 0 Å². The third-order valence-corrected chi connectivity index (χ3v) is 5.41. The van der Waals surface area contributed by atoms with E-state index in [2.05, 4.69) is 34.6 Å². The van der Waals surface area contributed by atoms with Crippen molar-refractivity contribution >= 4 is 0 Å². The molecule has 1 saturated heterocycles. The Labute approximate surface area is 109 Å². The largest absolute Gasteiger partial charge is 0.321 e. The van der Waals surface area contributed by atoms with Crippen molar-refractivity contribution in [3.63, 3.8) is 0 Å². The first kappa shape index (κ1) is 15.0. The van der Waals surface area contributed by atoms with E-state index in [9.17, 15) is 0 Å². The molecular weight excluding hydrogens is 206 g/mol. The van der Waals surface area contributed by atoms with E-state index in [1.807, 2.05) is 0 Å². The molecule has 1 rings (SSSR count). The number of piperidine rings is 1. The van der Waals surface area contributed by atoms with Crippen LogP contribution in [0.15, 0.2) is 0 Å². The molecule has 1 nitrogen and oxygen atoms in total. The predicted molar refractivity (Wildman–Crippen MR) is 77.1 cm³/mol. The lowest BCUT2D eigenvalue weighted by molar-refractivity contribution is -0.959. The quantitative estimate of drug-likeness (QED) is 0.601. The normalized spacial score (nSPS) is 25.2. The topological polar surface area (TPSA) is 0 Å². The van der Waals surface area contributed by atoms with Crippen molar-refractivity contribution in [3.05, 3.63) is 0 Å². The second-order valence-corrected chi connectivity index (χ2v) is 6.55. The van der Waals surface area contributed by atoms with Crippen LogP contribution >= 0.6 is 0 Å². The molecule has 0 radical (unpaired) electrons. The molecule has 1 fully saturated rings. The van der Waals surface area contributed by atoms with E-state index in [0.717, 1.165) is 17.9 Å². The summed E-state index contributed by atoms with van der Waals surface area (Å²) in [6, 6.07) is 0.856. The summed E-state index contributed by atoms with van der Waals surface area (Å²) >= 11 is 0. The molecule has 3 atom stereocenters. The van der Waals surface area contributed by atoms with Crippen LogP contribution in [0.3, 0.4) is 0 Å². The minimum absolute atomic E-state index is 0.856. The zero-order valence-electron chi connectivity index (χ0n) is 12.8. The Kier molecular flexibility index (Phi) is 5.99. The van der Waals surface area contributed by atoms with E-state index in [0.29, 0.717) is 0 Å². The van der Waals surface area contributed by atoms with Gasteiger partial charge in [0.05, 0.1) is 25.7 Å². The number of quaternary nitrogens is 1. The number of hydrogen-bond acceptors (Lipinski definition) is 0. The van der Waals surface area contributed by atoms with Crippen LogP contribution in [0.25, 0.3) is 0 Å². The second kappa shape index (κ2) is 6.78. The molecule has 102 valence electrons. The van der Waals surface area contributed by atoms with Crippen molar-refractivity contribution in [2.24, 2.45) is 11.8 Å². The Balaban J connectivity index is 2.76. The maximum atomic E-state index is 2.52. The average molecular weight is 240 g/mol. The molecule has 0 amide bonds. The highest BCUT2D eigenvalue weighted by Crippen LogP contribution is 2.30. The van der Waals surface area contributed by atoms with Crippen LogP contribution in [-0.4, -0.2) is 30.2 Å². The monoisotopic (exact) mass is 240 g/mol. The van der Waals surface area contributed by atoms with Gasteiger partial charge in [-0.05, 0) is 39.0 Å². The number of nitrogens with zero attached hydrogens (tertiary/aromatic N) is 1. The second-order valence-electron chi connectivity index (χ2n) is 6.55. The molecule has 1 heterocycles. The summed E-state index contributed by atoms with van der Waals surface area (Å²) in [4.78, 5) is 0. The first-order valence-electron chi connectivity index (χ1n) is 7.91. The summed E-state index contributed by atoms with van der Waals surface area (Å²) < 4.78 is 1.42. The molecule has 0 aromatic rings. The third-order valence-electron chi connectivity index (χ3n) is 5.41. The number of likely N-dealkylation sites (tertiary alicyclic amines) is 1.